The lowest BCUT2D eigenvalue weighted by Gasteiger charge is -2.32. The monoisotopic (exact) mass is 432 g/mol. The summed E-state index contributed by atoms with van der Waals surface area (Å²) in [5.41, 5.74) is 0.0628. The Morgan fingerprint density at radius 2 is 2.00 bits per heavy atom. The zero-order chi connectivity index (χ0) is 21.2. The highest BCUT2D eigenvalue weighted by molar-refractivity contribution is 7.03. The normalized spacial score (nSPS) is 12.4. The minimum Gasteiger partial charge on any atom is -0.464 e. The lowest BCUT2D eigenvalue weighted by atomic mass is 10.1. The summed E-state index contributed by atoms with van der Waals surface area (Å²) < 4.78 is 9.53. The van der Waals surface area contributed by atoms with Gasteiger partial charge in [-0.2, -0.15) is 0 Å². The third kappa shape index (κ3) is 5.02. The van der Waals surface area contributed by atoms with Gasteiger partial charge in [-0.3, -0.25) is 14.5 Å². The molecule has 0 aliphatic carbocycles. The smallest absolute Gasteiger partial charge is 0.280 e. The number of nitrogens with zero attached hydrogens (tertiary/aromatic N) is 3. The summed E-state index contributed by atoms with van der Waals surface area (Å²) in [5, 5.41) is 8.78. The molecule has 0 aliphatic rings. The van der Waals surface area contributed by atoms with Crippen LogP contribution in [0.5, 0.6) is 0 Å². The Hall–Kier alpha value is -2.71. The maximum atomic E-state index is 13.4. The molecule has 2 aromatic heterocycles. The van der Waals surface area contributed by atoms with Gasteiger partial charge in [0.05, 0.1) is 0 Å². The Balaban J connectivity index is 2.16. The minimum atomic E-state index is -1.06. The SMILES string of the molecule is Cc1ccc([C@@H](C(=O)NC(C)(C)C)N(C(=O)c2csnn2)c2cccc(Cl)c2)o1. The van der Waals surface area contributed by atoms with Crippen molar-refractivity contribution in [3.8, 4) is 0 Å². The standard InChI is InChI=1S/C20H21ClN4O3S/c1-12-8-9-16(28-12)17(18(26)22-20(2,3)4)25(14-7-5-6-13(21)10-14)19(27)15-11-29-24-23-15/h5-11,17H,1-4H3,(H,22,26)/t17-/m0/s1. The average molecular weight is 433 g/mol. The number of aromatic nitrogens is 2. The molecular formula is C20H21ClN4O3S. The summed E-state index contributed by atoms with van der Waals surface area (Å²) in [7, 11) is 0. The van der Waals surface area contributed by atoms with Gasteiger partial charge < -0.3 is 9.73 Å². The fraction of sp³-hybridized carbons (Fsp3) is 0.300. The molecule has 0 radical (unpaired) electrons. The van der Waals surface area contributed by atoms with Gasteiger partial charge in [0.1, 0.15) is 11.5 Å². The molecular weight excluding hydrogens is 412 g/mol. The Morgan fingerprint density at radius 3 is 2.55 bits per heavy atom. The highest BCUT2D eigenvalue weighted by Crippen LogP contribution is 2.32. The molecule has 9 heteroatoms. The first-order chi connectivity index (χ1) is 13.7. The van der Waals surface area contributed by atoms with Gasteiger partial charge >= 0.3 is 0 Å². The van der Waals surface area contributed by atoms with Crippen LogP contribution >= 0.6 is 23.1 Å². The van der Waals surface area contributed by atoms with E-state index < -0.39 is 17.5 Å². The van der Waals surface area contributed by atoms with Gasteiger partial charge in [-0.25, -0.2) is 0 Å². The molecule has 7 nitrogen and oxygen atoms in total. The number of carbonyl (C=O) groups is 2. The molecule has 0 spiro atoms. The number of benzene rings is 1. The number of amides is 2. The Bertz CT molecular complexity index is 1010. The van der Waals surface area contributed by atoms with Crippen molar-refractivity contribution in [3.05, 3.63) is 64.0 Å². The molecule has 0 aliphatic heterocycles. The summed E-state index contributed by atoms with van der Waals surface area (Å²) in [6.45, 7) is 7.37. The molecule has 0 saturated heterocycles. The number of halogens is 1. The molecule has 152 valence electrons. The fourth-order valence-corrected chi connectivity index (χ4v) is 3.42. The zero-order valence-electron chi connectivity index (χ0n) is 16.5. The quantitative estimate of drug-likeness (QED) is 0.645. The van der Waals surface area contributed by atoms with E-state index in [-0.39, 0.29) is 11.6 Å². The van der Waals surface area contributed by atoms with Crippen LogP contribution in [-0.2, 0) is 4.79 Å². The third-order valence-electron chi connectivity index (χ3n) is 3.92. The van der Waals surface area contributed by atoms with Gasteiger partial charge in [-0.05, 0) is 69.6 Å². The fourth-order valence-electron chi connectivity index (χ4n) is 2.80. The first-order valence-electron chi connectivity index (χ1n) is 8.90. The van der Waals surface area contributed by atoms with E-state index >= 15 is 0 Å². The maximum Gasteiger partial charge on any atom is 0.280 e. The molecule has 0 fully saturated rings. The second-order valence-corrected chi connectivity index (χ2v) is 8.58. The van der Waals surface area contributed by atoms with Gasteiger partial charge in [0.2, 0.25) is 0 Å². The molecule has 1 aromatic carbocycles. The van der Waals surface area contributed by atoms with E-state index in [0.717, 1.165) is 11.5 Å². The van der Waals surface area contributed by atoms with Crippen molar-refractivity contribution in [1.82, 2.24) is 14.9 Å². The topological polar surface area (TPSA) is 88.3 Å². The highest BCUT2D eigenvalue weighted by Gasteiger charge is 2.37. The van der Waals surface area contributed by atoms with Crippen molar-refractivity contribution in [2.24, 2.45) is 0 Å². The van der Waals surface area contributed by atoms with Gasteiger partial charge in [0, 0.05) is 21.6 Å². The summed E-state index contributed by atoms with van der Waals surface area (Å²) in [4.78, 5) is 28.0. The zero-order valence-corrected chi connectivity index (χ0v) is 18.0. The number of carbonyl (C=O) groups excluding carboxylic acids is 2. The van der Waals surface area contributed by atoms with E-state index in [4.69, 9.17) is 16.0 Å². The van der Waals surface area contributed by atoms with Crippen molar-refractivity contribution in [1.29, 1.82) is 0 Å². The molecule has 3 aromatic rings. The molecule has 1 atom stereocenters. The molecule has 2 amide bonds. The van der Waals surface area contributed by atoms with Crippen LogP contribution in [0, 0.1) is 6.92 Å². The van der Waals surface area contributed by atoms with Crippen LogP contribution in [0.1, 0.15) is 48.8 Å². The number of hydrogen-bond donors (Lipinski definition) is 1. The Morgan fingerprint density at radius 1 is 1.24 bits per heavy atom. The number of anilines is 1. The van der Waals surface area contributed by atoms with E-state index in [1.807, 2.05) is 20.8 Å². The molecule has 0 saturated carbocycles. The Kier molecular flexibility index (Phi) is 6.04. The average Bonchev–Trinajstić information content (AvgIpc) is 3.29. The molecule has 0 unspecified atom stereocenters. The highest BCUT2D eigenvalue weighted by atomic mass is 35.5. The van der Waals surface area contributed by atoms with E-state index in [0.29, 0.717) is 22.2 Å². The predicted octanol–water partition coefficient (Wildman–Crippen LogP) is 4.40. The van der Waals surface area contributed by atoms with E-state index in [9.17, 15) is 9.59 Å². The summed E-state index contributed by atoms with van der Waals surface area (Å²) in [6.07, 6.45) is 0. The summed E-state index contributed by atoms with van der Waals surface area (Å²) in [5.74, 6) is 0.0932. The van der Waals surface area contributed by atoms with Crippen LogP contribution in [0.25, 0.3) is 0 Å². The minimum absolute atomic E-state index is 0.131. The summed E-state index contributed by atoms with van der Waals surface area (Å²) in [6, 6.07) is 9.10. The van der Waals surface area contributed by atoms with Crippen LogP contribution in [0.15, 0.2) is 46.2 Å². The number of furan rings is 1. The van der Waals surface area contributed by atoms with E-state index in [1.165, 1.54) is 10.3 Å². The van der Waals surface area contributed by atoms with Crippen molar-refractivity contribution < 1.29 is 14.0 Å². The van der Waals surface area contributed by atoms with E-state index in [1.54, 1.807) is 43.3 Å². The van der Waals surface area contributed by atoms with Gasteiger partial charge in [-0.15, -0.1) is 5.10 Å². The van der Waals surface area contributed by atoms with Crippen LogP contribution in [-0.4, -0.2) is 26.9 Å². The molecule has 3 rings (SSSR count). The Labute approximate surface area is 177 Å². The third-order valence-corrected chi connectivity index (χ3v) is 4.66. The number of aryl methyl sites for hydroxylation is 1. The number of nitrogens with one attached hydrogen (secondary N) is 1. The first kappa shape index (κ1) is 21.0. The molecule has 1 N–H and O–H groups in total. The molecule has 29 heavy (non-hydrogen) atoms. The second-order valence-electron chi connectivity index (χ2n) is 7.54. The largest absolute Gasteiger partial charge is 0.464 e. The van der Waals surface area contributed by atoms with Crippen molar-refractivity contribution in [2.75, 3.05) is 4.90 Å². The van der Waals surface area contributed by atoms with Crippen molar-refractivity contribution in [3.63, 3.8) is 0 Å². The van der Waals surface area contributed by atoms with Crippen molar-refractivity contribution in [2.45, 2.75) is 39.3 Å². The number of rotatable bonds is 5. The van der Waals surface area contributed by atoms with Crippen molar-refractivity contribution >= 4 is 40.6 Å². The van der Waals surface area contributed by atoms with E-state index in [2.05, 4.69) is 14.9 Å². The summed E-state index contributed by atoms with van der Waals surface area (Å²) >= 11 is 7.23. The molecule has 2 heterocycles. The van der Waals surface area contributed by atoms with Crippen LogP contribution in [0.2, 0.25) is 5.02 Å². The van der Waals surface area contributed by atoms with Gasteiger partial charge in [0.25, 0.3) is 11.8 Å². The van der Waals surface area contributed by atoms with Gasteiger partial charge in [0.15, 0.2) is 11.7 Å². The molecule has 0 bridgehead atoms. The van der Waals surface area contributed by atoms with Gasteiger partial charge in [-0.1, -0.05) is 22.2 Å². The second kappa shape index (κ2) is 8.34. The number of hydrogen-bond acceptors (Lipinski definition) is 6. The predicted molar refractivity (Wildman–Crippen MR) is 112 cm³/mol. The van der Waals surface area contributed by atoms with Crippen LogP contribution < -0.4 is 10.2 Å². The lowest BCUT2D eigenvalue weighted by molar-refractivity contribution is -0.124. The van der Waals surface area contributed by atoms with Crippen LogP contribution in [0.3, 0.4) is 0 Å². The first-order valence-corrected chi connectivity index (χ1v) is 10.1. The van der Waals surface area contributed by atoms with Crippen LogP contribution in [0.4, 0.5) is 5.69 Å². The maximum absolute atomic E-state index is 13.4. The lowest BCUT2D eigenvalue weighted by Crippen LogP contribution is -2.49.